The quantitative estimate of drug-likeness (QED) is 0.481. The van der Waals surface area contributed by atoms with Gasteiger partial charge in [0.15, 0.2) is 0 Å². The molecule has 148 valence electrons. The van der Waals surface area contributed by atoms with Gasteiger partial charge in [0.1, 0.15) is 0 Å². The lowest BCUT2D eigenvalue weighted by Crippen LogP contribution is -2.30. The van der Waals surface area contributed by atoms with Gasteiger partial charge in [-0.3, -0.25) is 4.79 Å². The molecule has 3 rings (SSSR count). The molecule has 0 bridgehead atoms. The van der Waals surface area contributed by atoms with Gasteiger partial charge in [-0.1, -0.05) is 54.9 Å². The van der Waals surface area contributed by atoms with Gasteiger partial charge in [0, 0.05) is 29.8 Å². The van der Waals surface area contributed by atoms with E-state index in [1.165, 1.54) is 16.9 Å². The second kappa shape index (κ2) is 9.34. The largest absolute Gasteiger partial charge is 0.339 e. The average Bonchev–Trinajstić information content (AvgIpc) is 3.33. The number of carbonyl (C=O) groups is 1. The van der Waals surface area contributed by atoms with Crippen molar-refractivity contribution in [2.45, 2.75) is 46.1 Å². The molecule has 2 aromatic heterocycles. The molecule has 0 aliphatic rings. The molecule has 2 heterocycles. The summed E-state index contributed by atoms with van der Waals surface area (Å²) in [6, 6.07) is 12.0. The van der Waals surface area contributed by atoms with E-state index in [-0.39, 0.29) is 5.91 Å². The first-order valence-corrected chi connectivity index (χ1v) is 10.6. The highest BCUT2D eigenvalue weighted by atomic mass is 35.5. The third-order valence-corrected chi connectivity index (χ3v) is 5.78. The molecule has 0 fully saturated rings. The van der Waals surface area contributed by atoms with Gasteiger partial charge in [0.25, 0.3) is 0 Å². The Morgan fingerprint density at radius 1 is 1.21 bits per heavy atom. The van der Waals surface area contributed by atoms with Crippen LogP contribution in [0.15, 0.2) is 40.9 Å². The summed E-state index contributed by atoms with van der Waals surface area (Å²) in [4.78, 5) is 19.9. The minimum Gasteiger partial charge on any atom is -0.339 e. The standard InChI is InChI=1S/C21H24ClN3O2S/c1-4-25(13-17-9-10-18(22)28-17)20(26)12-11-19-23-21(24-27-19)16-7-5-15(6-8-16)14(2)3/h5-10,14H,4,11-13H2,1-3H3. The fourth-order valence-corrected chi connectivity index (χ4v) is 3.97. The van der Waals surface area contributed by atoms with Gasteiger partial charge in [-0.05, 0) is 30.5 Å². The van der Waals surface area contributed by atoms with Crippen molar-refractivity contribution in [3.05, 3.63) is 57.1 Å². The number of aryl methyl sites for hydroxylation is 1. The number of hydrogen-bond acceptors (Lipinski definition) is 5. The van der Waals surface area contributed by atoms with Crippen molar-refractivity contribution in [3.63, 3.8) is 0 Å². The highest BCUT2D eigenvalue weighted by Gasteiger charge is 2.16. The Hall–Kier alpha value is -2.18. The van der Waals surface area contributed by atoms with E-state index in [0.717, 1.165) is 14.8 Å². The van der Waals surface area contributed by atoms with E-state index in [0.29, 0.717) is 43.6 Å². The van der Waals surface area contributed by atoms with Gasteiger partial charge in [0.2, 0.25) is 17.6 Å². The molecular formula is C21H24ClN3O2S. The van der Waals surface area contributed by atoms with E-state index in [4.69, 9.17) is 16.1 Å². The lowest BCUT2D eigenvalue weighted by atomic mass is 10.0. The van der Waals surface area contributed by atoms with Crippen LogP contribution in [0, 0.1) is 0 Å². The zero-order valence-electron chi connectivity index (χ0n) is 16.3. The van der Waals surface area contributed by atoms with Crippen LogP contribution in [-0.4, -0.2) is 27.5 Å². The zero-order valence-corrected chi connectivity index (χ0v) is 17.9. The molecule has 7 heteroatoms. The van der Waals surface area contributed by atoms with E-state index in [1.54, 1.807) is 0 Å². The van der Waals surface area contributed by atoms with Crippen LogP contribution < -0.4 is 0 Å². The minimum absolute atomic E-state index is 0.0630. The van der Waals surface area contributed by atoms with E-state index >= 15 is 0 Å². The number of hydrogen-bond donors (Lipinski definition) is 0. The number of rotatable bonds is 8. The van der Waals surface area contributed by atoms with Crippen LogP contribution >= 0.6 is 22.9 Å². The number of amides is 1. The van der Waals surface area contributed by atoms with Crippen LogP contribution in [0.2, 0.25) is 4.34 Å². The maximum atomic E-state index is 12.5. The third kappa shape index (κ3) is 5.20. The first-order valence-electron chi connectivity index (χ1n) is 9.41. The summed E-state index contributed by atoms with van der Waals surface area (Å²) in [5.74, 6) is 1.57. The van der Waals surface area contributed by atoms with E-state index in [9.17, 15) is 4.79 Å². The molecule has 3 aromatic rings. The van der Waals surface area contributed by atoms with Crippen molar-refractivity contribution in [3.8, 4) is 11.4 Å². The lowest BCUT2D eigenvalue weighted by Gasteiger charge is -2.19. The van der Waals surface area contributed by atoms with Gasteiger partial charge in [0.05, 0.1) is 10.9 Å². The van der Waals surface area contributed by atoms with Crippen LogP contribution in [0.3, 0.4) is 0 Å². The fourth-order valence-electron chi connectivity index (χ4n) is 2.86. The molecule has 0 unspecified atom stereocenters. The van der Waals surface area contributed by atoms with E-state index in [1.807, 2.05) is 36.1 Å². The molecule has 28 heavy (non-hydrogen) atoms. The number of nitrogens with zero attached hydrogens (tertiary/aromatic N) is 3. The fraction of sp³-hybridized carbons (Fsp3) is 0.381. The Morgan fingerprint density at radius 3 is 2.57 bits per heavy atom. The number of halogens is 1. The van der Waals surface area contributed by atoms with Gasteiger partial charge < -0.3 is 9.42 Å². The Bertz CT molecular complexity index is 918. The zero-order chi connectivity index (χ0) is 20.1. The summed E-state index contributed by atoms with van der Waals surface area (Å²) >= 11 is 7.47. The van der Waals surface area contributed by atoms with Crippen molar-refractivity contribution in [2.75, 3.05) is 6.54 Å². The molecule has 1 amide bonds. The normalized spacial score (nSPS) is 11.2. The Balaban J connectivity index is 1.57. The maximum Gasteiger partial charge on any atom is 0.227 e. The number of benzene rings is 1. The van der Waals surface area contributed by atoms with Gasteiger partial charge in [-0.25, -0.2) is 0 Å². The van der Waals surface area contributed by atoms with Crippen molar-refractivity contribution in [1.82, 2.24) is 15.0 Å². The molecule has 0 N–H and O–H groups in total. The Labute approximate surface area is 174 Å². The highest BCUT2D eigenvalue weighted by molar-refractivity contribution is 7.16. The molecule has 0 radical (unpaired) electrons. The molecule has 5 nitrogen and oxygen atoms in total. The molecule has 0 atom stereocenters. The van der Waals surface area contributed by atoms with Crippen LogP contribution in [0.25, 0.3) is 11.4 Å². The SMILES string of the molecule is CCN(Cc1ccc(Cl)s1)C(=O)CCc1nc(-c2ccc(C(C)C)cc2)no1. The number of carbonyl (C=O) groups excluding carboxylic acids is 1. The van der Waals surface area contributed by atoms with E-state index in [2.05, 4.69) is 36.1 Å². The first-order chi connectivity index (χ1) is 13.5. The van der Waals surface area contributed by atoms with Crippen molar-refractivity contribution in [1.29, 1.82) is 0 Å². The predicted molar refractivity (Wildman–Crippen MR) is 113 cm³/mol. The summed E-state index contributed by atoms with van der Waals surface area (Å²) in [5.41, 5.74) is 2.18. The van der Waals surface area contributed by atoms with Crippen LogP contribution in [-0.2, 0) is 17.8 Å². The summed E-state index contributed by atoms with van der Waals surface area (Å²) < 4.78 is 6.07. The first kappa shape index (κ1) is 20.6. The van der Waals surface area contributed by atoms with Gasteiger partial charge >= 0.3 is 0 Å². The minimum atomic E-state index is 0.0630. The lowest BCUT2D eigenvalue weighted by molar-refractivity contribution is -0.131. The number of aromatic nitrogens is 2. The number of thiophene rings is 1. The average molecular weight is 418 g/mol. The van der Waals surface area contributed by atoms with Crippen LogP contribution in [0.5, 0.6) is 0 Å². The van der Waals surface area contributed by atoms with Crippen molar-refractivity contribution in [2.24, 2.45) is 0 Å². The van der Waals surface area contributed by atoms with Crippen LogP contribution in [0.4, 0.5) is 0 Å². The Kier molecular flexibility index (Phi) is 6.86. The summed E-state index contributed by atoms with van der Waals surface area (Å²) in [6.45, 7) is 7.50. The topological polar surface area (TPSA) is 59.2 Å². The molecule has 0 saturated heterocycles. The molecule has 0 spiro atoms. The smallest absolute Gasteiger partial charge is 0.227 e. The Morgan fingerprint density at radius 2 is 1.96 bits per heavy atom. The summed E-state index contributed by atoms with van der Waals surface area (Å²) in [6.07, 6.45) is 0.762. The van der Waals surface area contributed by atoms with Gasteiger partial charge in [-0.15, -0.1) is 11.3 Å². The highest BCUT2D eigenvalue weighted by Crippen LogP contribution is 2.23. The van der Waals surface area contributed by atoms with Crippen LogP contribution in [0.1, 0.15) is 49.4 Å². The molecule has 0 aliphatic heterocycles. The van der Waals surface area contributed by atoms with E-state index < -0.39 is 0 Å². The third-order valence-electron chi connectivity index (χ3n) is 4.57. The molecule has 0 aliphatic carbocycles. The molecule has 1 aromatic carbocycles. The van der Waals surface area contributed by atoms with Crippen molar-refractivity contribution < 1.29 is 9.32 Å². The monoisotopic (exact) mass is 417 g/mol. The molecule has 0 saturated carbocycles. The second-order valence-corrected chi connectivity index (χ2v) is 8.70. The second-order valence-electron chi connectivity index (χ2n) is 6.90. The van der Waals surface area contributed by atoms with Crippen molar-refractivity contribution >= 4 is 28.8 Å². The molecular weight excluding hydrogens is 394 g/mol. The van der Waals surface area contributed by atoms with Gasteiger partial charge in [-0.2, -0.15) is 4.98 Å². The maximum absolute atomic E-state index is 12.5. The summed E-state index contributed by atoms with van der Waals surface area (Å²) in [7, 11) is 0. The summed E-state index contributed by atoms with van der Waals surface area (Å²) in [5, 5.41) is 4.05. The predicted octanol–water partition coefficient (Wildman–Crippen LogP) is 5.56.